The Bertz CT molecular complexity index is 444. The van der Waals surface area contributed by atoms with Gasteiger partial charge in [-0.2, -0.15) is 5.26 Å². The lowest BCUT2D eigenvalue weighted by atomic mass is 9.89. The first-order valence-corrected chi connectivity index (χ1v) is 6.66. The van der Waals surface area contributed by atoms with Gasteiger partial charge < -0.3 is 4.90 Å². The van der Waals surface area contributed by atoms with E-state index >= 15 is 0 Å². The van der Waals surface area contributed by atoms with Gasteiger partial charge in [0.2, 0.25) is 0 Å². The molecule has 4 nitrogen and oxygen atoms in total. The molecule has 0 amide bonds. The molecule has 0 N–H and O–H groups in total. The number of hydrogen-bond donors (Lipinski definition) is 0. The average molecular weight is 244 g/mol. The molecule has 1 aliphatic carbocycles. The summed E-state index contributed by atoms with van der Waals surface area (Å²) >= 11 is 0. The molecule has 96 valence electrons. The van der Waals surface area contributed by atoms with Crippen LogP contribution in [0.2, 0.25) is 0 Å². The molecule has 18 heavy (non-hydrogen) atoms. The molecule has 0 aliphatic heterocycles. The topological polar surface area (TPSA) is 52.8 Å². The van der Waals surface area contributed by atoms with Crippen molar-refractivity contribution in [3.63, 3.8) is 0 Å². The van der Waals surface area contributed by atoms with Gasteiger partial charge in [0.25, 0.3) is 0 Å². The minimum atomic E-state index is 0.452. The summed E-state index contributed by atoms with van der Waals surface area (Å²) in [5.74, 6) is 2.30. The first kappa shape index (κ1) is 12.8. The zero-order valence-corrected chi connectivity index (χ0v) is 11.2. The van der Waals surface area contributed by atoms with E-state index < -0.39 is 0 Å². The highest BCUT2D eigenvalue weighted by Gasteiger charge is 2.16. The van der Waals surface area contributed by atoms with E-state index in [-0.39, 0.29) is 0 Å². The van der Waals surface area contributed by atoms with Gasteiger partial charge in [0.1, 0.15) is 23.4 Å². The van der Waals surface area contributed by atoms with Crippen LogP contribution in [0.25, 0.3) is 0 Å². The number of nitrogens with zero attached hydrogens (tertiary/aromatic N) is 4. The molecule has 1 aliphatic rings. The van der Waals surface area contributed by atoms with Crippen LogP contribution in [0.3, 0.4) is 0 Å². The van der Waals surface area contributed by atoms with Crippen molar-refractivity contribution in [2.75, 3.05) is 18.5 Å². The molecule has 2 rings (SSSR count). The monoisotopic (exact) mass is 244 g/mol. The predicted octanol–water partition coefficient (Wildman–Crippen LogP) is 2.67. The standard InChI is InChI=1S/C14H20N4/c1-11-16-13(9-15)8-14(17-11)18(2)10-12-6-4-3-5-7-12/h8,12H,3-7,10H2,1-2H3. The Morgan fingerprint density at radius 1 is 1.33 bits per heavy atom. The van der Waals surface area contributed by atoms with Gasteiger partial charge in [0.15, 0.2) is 0 Å². The Hall–Kier alpha value is -1.63. The van der Waals surface area contributed by atoms with Gasteiger partial charge in [-0.1, -0.05) is 19.3 Å². The van der Waals surface area contributed by atoms with Crippen molar-refractivity contribution < 1.29 is 0 Å². The molecule has 1 heterocycles. The van der Waals surface area contributed by atoms with Crippen LogP contribution in [0, 0.1) is 24.2 Å². The summed E-state index contributed by atoms with van der Waals surface area (Å²) < 4.78 is 0. The lowest BCUT2D eigenvalue weighted by Crippen LogP contribution is -2.27. The van der Waals surface area contributed by atoms with Crippen molar-refractivity contribution >= 4 is 5.82 Å². The Balaban J connectivity index is 2.05. The van der Waals surface area contributed by atoms with E-state index in [2.05, 4.69) is 28.0 Å². The average Bonchev–Trinajstić information content (AvgIpc) is 2.39. The molecule has 1 fully saturated rings. The van der Waals surface area contributed by atoms with Crippen molar-refractivity contribution in [3.8, 4) is 6.07 Å². The highest BCUT2D eigenvalue weighted by Crippen LogP contribution is 2.25. The second kappa shape index (κ2) is 5.81. The fourth-order valence-corrected chi connectivity index (χ4v) is 2.66. The number of anilines is 1. The van der Waals surface area contributed by atoms with Gasteiger partial charge in [0.05, 0.1) is 0 Å². The molecular formula is C14H20N4. The fourth-order valence-electron chi connectivity index (χ4n) is 2.66. The molecule has 0 saturated heterocycles. The lowest BCUT2D eigenvalue weighted by Gasteiger charge is -2.27. The third-order valence-electron chi connectivity index (χ3n) is 3.59. The summed E-state index contributed by atoms with van der Waals surface area (Å²) in [4.78, 5) is 10.7. The first-order valence-electron chi connectivity index (χ1n) is 6.66. The van der Waals surface area contributed by atoms with Crippen molar-refractivity contribution in [2.24, 2.45) is 5.92 Å². The molecule has 1 aromatic heterocycles. The van der Waals surface area contributed by atoms with Crippen LogP contribution in [0.1, 0.15) is 43.6 Å². The van der Waals surface area contributed by atoms with E-state index in [1.807, 2.05) is 6.92 Å². The Morgan fingerprint density at radius 3 is 2.72 bits per heavy atom. The van der Waals surface area contributed by atoms with Gasteiger partial charge in [-0.15, -0.1) is 0 Å². The molecule has 0 radical (unpaired) electrons. The normalized spacial score (nSPS) is 16.3. The summed E-state index contributed by atoms with van der Waals surface area (Å²) in [6, 6.07) is 3.86. The van der Waals surface area contributed by atoms with E-state index in [0.717, 1.165) is 18.3 Å². The van der Waals surface area contributed by atoms with Crippen molar-refractivity contribution in [2.45, 2.75) is 39.0 Å². The molecule has 0 bridgehead atoms. The summed E-state index contributed by atoms with van der Waals surface area (Å²) in [6.07, 6.45) is 6.72. The van der Waals surface area contributed by atoms with Crippen molar-refractivity contribution in [1.29, 1.82) is 5.26 Å². The molecule has 0 spiro atoms. The van der Waals surface area contributed by atoms with Crippen LogP contribution in [-0.4, -0.2) is 23.6 Å². The molecule has 4 heteroatoms. The van der Waals surface area contributed by atoms with E-state index in [1.165, 1.54) is 32.1 Å². The SMILES string of the molecule is Cc1nc(C#N)cc(N(C)CC2CCCCC2)n1. The number of nitriles is 1. The molecule has 0 atom stereocenters. The number of aromatic nitrogens is 2. The second-order valence-corrected chi connectivity index (χ2v) is 5.15. The first-order chi connectivity index (χ1) is 8.69. The number of rotatable bonds is 3. The maximum absolute atomic E-state index is 8.93. The highest BCUT2D eigenvalue weighted by atomic mass is 15.2. The smallest absolute Gasteiger partial charge is 0.146 e. The van der Waals surface area contributed by atoms with Crippen molar-refractivity contribution in [1.82, 2.24) is 9.97 Å². The van der Waals surface area contributed by atoms with Crippen LogP contribution in [0.4, 0.5) is 5.82 Å². The molecule has 0 aromatic carbocycles. The van der Waals surface area contributed by atoms with Crippen LogP contribution in [0.5, 0.6) is 0 Å². The number of hydrogen-bond acceptors (Lipinski definition) is 4. The quantitative estimate of drug-likeness (QED) is 0.820. The lowest BCUT2D eigenvalue weighted by molar-refractivity contribution is 0.361. The Morgan fingerprint density at radius 2 is 2.06 bits per heavy atom. The van der Waals surface area contributed by atoms with Crippen LogP contribution < -0.4 is 4.90 Å². The van der Waals surface area contributed by atoms with E-state index in [0.29, 0.717) is 11.5 Å². The summed E-state index contributed by atoms with van der Waals surface area (Å²) in [5, 5.41) is 8.93. The van der Waals surface area contributed by atoms with Gasteiger partial charge in [-0.3, -0.25) is 0 Å². The van der Waals surface area contributed by atoms with E-state index in [1.54, 1.807) is 6.07 Å². The largest absolute Gasteiger partial charge is 0.359 e. The zero-order valence-electron chi connectivity index (χ0n) is 11.2. The van der Waals surface area contributed by atoms with E-state index in [4.69, 9.17) is 5.26 Å². The van der Waals surface area contributed by atoms with Gasteiger partial charge >= 0.3 is 0 Å². The third-order valence-corrected chi connectivity index (χ3v) is 3.59. The van der Waals surface area contributed by atoms with Crippen LogP contribution in [0.15, 0.2) is 6.07 Å². The van der Waals surface area contributed by atoms with Gasteiger partial charge in [-0.05, 0) is 25.7 Å². The molecular weight excluding hydrogens is 224 g/mol. The fraction of sp³-hybridized carbons (Fsp3) is 0.643. The minimum Gasteiger partial charge on any atom is -0.359 e. The summed E-state index contributed by atoms with van der Waals surface area (Å²) in [7, 11) is 2.05. The maximum atomic E-state index is 8.93. The highest BCUT2D eigenvalue weighted by molar-refractivity contribution is 5.42. The third kappa shape index (κ3) is 3.19. The van der Waals surface area contributed by atoms with E-state index in [9.17, 15) is 0 Å². The zero-order chi connectivity index (χ0) is 13.0. The van der Waals surface area contributed by atoms with Crippen molar-refractivity contribution in [3.05, 3.63) is 17.6 Å². The van der Waals surface area contributed by atoms with Crippen LogP contribution in [-0.2, 0) is 0 Å². The Kier molecular flexibility index (Phi) is 4.14. The maximum Gasteiger partial charge on any atom is 0.146 e. The van der Waals surface area contributed by atoms with Gasteiger partial charge in [0, 0.05) is 19.7 Å². The van der Waals surface area contributed by atoms with Crippen LogP contribution >= 0.6 is 0 Å². The molecule has 0 unspecified atom stereocenters. The number of aryl methyl sites for hydroxylation is 1. The van der Waals surface area contributed by atoms with Gasteiger partial charge in [-0.25, -0.2) is 9.97 Å². The second-order valence-electron chi connectivity index (χ2n) is 5.15. The molecule has 1 saturated carbocycles. The predicted molar refractivity (Wildman–Crippen MR) is 71.3 cm³/mol. The summed E-state index contributed by atoms with van der Waals surface area (Å²) in [5.41, 5.74) is 0.452. The minimum absolute atomic E-state index is 0.452. The Labute approximate surface area is 109 Å². The summed E-state index contributed by atoms with van der Waals surface area (Å²) in [6.45, 7) is 2.86. The molecule has 1 aromatic rings.